The van der Waals surface area contributed by atoms with Gasteiger partial charge in [0, 0.05) is 19.3 Å². The van der Waals surface area contributed by atoms with Crippen LogP contribution in [0.1, 0.15) is 57.1 Å². The molecule has 0 bridgehead atoms. The third kappa shape index (κ3) is 3.05. The topological polar surface area (TPSA) is 31.2 Å². The van der Waals surface area contributed by atoms with E-state index in [0.717, 1.165) is 36.6 Å². The van der Waals surface area contributed by atoms with Gasteiger partial charge in [0.1, 0.15) is 5.82 Å². The molecule has 23 heavy (non-hydrogen) atoms. The Balaban J connectivity index is 2.17. The van der Waals surface area contributed by atoms with Gasteiger partial charge in [-0.05, 0) is 54.7 Å². The maximum Gasteiger partial charge on any atom is 0.258 e. The molecular formula is C19H24FNO2. The molecule has 1 aromatic heterocycles. The molecule has 1 aliphatic rings. The summed E-state index contributed by atoms with van der Waals surface area (Å²) in [6, 6.07) is 4.66. The SMILES string of the molecule is CO[C@@H]1CCC[C@H](n2cc(C(C)C)c3ccc(F)cc3c2=O)C1. The van der Waals surface area contributed by atoms with Crippen LogP contribution in [0.4, 0.5) is 4.39 Å². The molecule has 4 heteroatoms. The molecule has 0 saturated heterocycles. The minimum Gasteiger partial charge on any atom is -0.381 e. The Bertz CT molecular complexity index is 766. The average molecular weight is 317 g/mol. The van der Waals surface area contributed by atoms with Crippen LogP contribution in [-0.2, 0) is 4.74 Å². The van der Waals surface area contributed by atoms with E-state index >= 15 is 0 Å². The minimum atomic E-state index is -0.361. The van der Waals surface area contributed by atoms with E-state index in [1.165, 1.54) is 12.1 Å². The van der Waals surface area contributed by atoms with Crippen molar-refractivity contribution in [3.8, 4) is 0 Å². The Morgan fingerprint density at radius 2 is 2.04 bits per heavy atom. The summed E-state index contributed by atoms with van der Waals surface area (Å²) in [4.78, 5) is 12.9. The molecular weight excluding hydrogens is 293 g/mol. The van der Waals surface area contributed by atoms with E-state index in [1.807, 2.05) is 10.8 Å². The second-order valence-corrected chi connectivity index (χ2v) is 6.82. The molecule has 0 spiro atoms. The van der Waals surface area contributed by atoms with Gasteiger partial charge in [-0.15, -0.1) is 0 Å². The molecule has 124 valence electrons. The van der Waals surface area contributed by atoms with Crippen LogP contribution in [0.5, 0.6) is 0 Å². The van der Waals surface area contributed by atoms with E-state index in [9.17, 15) is 9.18 Å². The molecule has 0 N–H and O–H groups in total. The number of halogens is 1. The number of ether oxygens (including phenoxy) is 1. The summed E-state index contributed by atoms with van der Waals surface area (Å²) >= 11 is 0. The fraction of sp³-hybridized carbons (Fsp3) is 0.526. The zero-order valence-electron chi connectivity index (χ0n) is 14.0. The van der Waals surface area contributed by atoms with Crippen LogP contribution in [0.3, 0.4) is 0 Å². The van der Waals surface area contributed by atoms with Crippen LogP contribution in [0, 0.1) is 5.82 Å². The van der Waals surface area contributed by atoms with Gasteiger partial charge in [0.15, 0.2) is 0 Å². The van der Waals surface area contributed by atoms with E-state index in [2.05, 4.69) is 13.8 Å². The lowest BCUT2D eigenvalue weighted by Crippen LogP contribution is -2.31. The molecule has 3 nitrogen and oxygen atoms in total. The van der Waals surface area contributed by atoms with Gasteiger partial charge in [0.05, 0.1) is 11.5 Å². The van der Waals surface area contributed by atoms with Crippen LogP contribution < -0.4 is 5.56 Å². The highest BCUT2D eigenvalue weighted by molar-refractivity contribution is 5.85. The number of aromatic nitrogens is 1. The third-order valence-corrected chi connectivity index (χ3v) is 4.98. The van der Waals surface area contributed by atoms with Gasteiger partial charge in [-0.1, -0.05) is 19.9 Å². The number of pyridine rings is 1. The Morgan fingerprint density at radius 1 is 1.26 bits per heavy atom. The van der Waals surface area contributed by atoms with Crippen molar-refractivity contribution in [3.05, 3.63) is 46.1 Å². The van der Waals surface area contributed by atoms with Crippen molar-refractivity contribution in [1.82, 2.24) is 4.57 Å². The summed E-state index contributed by atoms with van der Waals surface area (Å²) in [6.45, 7) is 4.21. The molecule has 2 atom stereocenters. The molecule has 0 aliphatic heterocycles. The smallest absolute Gasteiger partial charge is 0.258 e. The molecule has 0 amide bonds. The summed E-state index contributed by atoms with van der Waals surface area (Å²) in [5.74, 6) is -0.0860. The number of hydrogen-bond acceptors (Lipinski definition) is 2. The van der Waals surface area contributed by atoms with Gasteiger partial charge in [-0.3, -0.25) is 4.79 Å². The van der Waals surface area contributed by atoms with Crippen LogP contribution in [0.15, 0.2) is 29.2 Å². The number of methoxy groups -OCH3 is 1. The van der Waals surface area contributed by atoms with Gasteiger partial charge in [-0.2, -0.15) is 0 Å². The molecule has 1 aliphatic carbocycles. The van der Waals surface area contributed by atoms with Crippen LogP contribution in [-0.4, -0.2) is 17.8 Å². The fourth-order valence-electron chi connectivity index (χ4n) is 3.68. The normalized spacial score (nSPS) is 22.0. The maximum atomic E-state index is 13.7. The van der Waals surface area contributed by atoms with Crippen LogP contribution in [0.2, 0.25) is 0 Å². The minimum absolute atomic E-state index is 0.0920. The van der Waals surface area contributed by atoms with E-state index in [0.29, 0.717) is 5.39 Å². The van der Waals surface area contributed by atoms with Crippen molar-refractivity contribution in [3.63, 3.8) is 0 Å². The van der Waals surface area contributed by atoms with Crippen molar-refractivity contribution in [2.45, 2.75) is 57.6 Å². The van der Waals surface area contributed by atoms with Gasteiger partial charge in [-0.25, -0.2) is 4.39 Å². The van der Waals surface area contributed by atoms with E-state index in [-0.39, 0.29) is 29.4 Å². The van der Waals surface area contributed by atoms with Crippen molar-refractivity contribution in [1.29, 1.82) is 0 Å². The number of rotatable bonds is 3. The van der Waals surface area contributed by atoms with E-state index in [1.54, 1.807) is 13.2 Å². The second-order valence-electron chi connectivity index (χ2n) is 6.82. The van der Waals surface area contributed by atoms with Crippen molar-refractivity contribution in [2.75, 3.05) is 7.11 Å². The largest absolute Gasteiger partial charge is 0.381 e. The second kappa shape index (κ2) is 6.44. The number of nitrogens with zero attached hydrogens (tertiary/aromatic N) is 1. The molecule has 0 unspecified atom stereocenters. The fourth-order valence-corrected chi connectivity index (χ4v) is 3.68. The van der Waals surface area contributed by atoms with Crippen molar-refractivity contribution in [2.24, 2.45) is 0 Å². The third-order valence-electron chi connectivity index (χ3n) is 4.98. The summed E-state index contributed by atoms with van der Waals surface area (Å²) in [6.07, 6.45) is 6.09. The van der Waals surface area contributed by atoms with Crippen LogP contribution in [0.25, 0.3) is 10.8 Å². The lowest BCUT2D eigenvalue weighted by Gasteiger charge is -2.30. The van der Waals surface area contributed by atoms with Gasteiger partial charge < -0.3 is 9.30 Å². The first kappa shape index (κ1) is 16.2. The van der Waals surface area contributed by atoms with Gasteiger partial charge in [0.25, 0.3) is 5.56 Å². The highest BCUT2D eigenvalue weighted by Gasteiger charge is 2.25. The summed E-state index contributed by atoms with van der Waals surface area (Å²) < 4.78 is 21.0. The van der Waals surface area contributed by atoms with Crippen molar-refractivity contribution < 1.29 is 9.13 Å². The average Bonchev–Trinajstić information content (AvgIpc) is 2.55. The maximum absolute atomic E-state index is 13.7. The highest BCUT2D eigenvalue weighted by Crippen LogP contribution is 2.31. The standard InChI is InChI=1S/C19H24FNO2/c1-12(2)18-11-21(14-5-4-6-15(10-14)23-3)19(22)17-9-13(20)7-8-16(17)18/h7-9,11-12,14-15H,4-6,10H2,1-3H3/t14-,15+/m0/s1. The van der Waals surface area contributed by atoms with Crippen LogP contribution >= 0.6 is 0 Å². The van der Waals surface area contributed by atoms with Gasteiger partial charge in [0.2, 0.25) is 0 Å². The Kier molecular flexibility index (Phi) is 4.53. The first-order chi connectivity index (χ1) is 11.0. The van der Waals surface area contributed by atoms with Gasteiger partial charge >= 0.3 is 0 Å². The Labute approximate surface area is 136 Å². The number of benzene rings is 1. The monoisotopic (exact) mass is 317 g/mol. The van der Waals surface area contributed by atoms with Crippen molar-refractivity contribution >= 4 is 10.8 Å². The molecule has 0 radical (unpaired) electrons. The predicted molar refractivity (Wildman–Crippen MR) is 90.6 cm³/mol. The molecule has 2 aromatic rings. The van der Waals surface area contributed by atoms with E-state index in [4.69, 9.17) is 4.74 Å². The highest BCUT2D eigenvalue weighted by atomic mass is 19.1. The summed E-state index contributed by atoms with van der Waals surface area (Å²) in [5, 5.41) is 1.34. The lowest BCUT2D eigenvalue weighted by atomic mass is 9.91. The first-order valence-corrected chi connectivity index (χ1v) is 8.38. The molecule has 1 fully saturated rings. The first-order valence-electron chi connectivity index (χ1n) is 8.38. The Morgan fingerprint density at radius 3 is 2.74 bits per heavy atom. The van der Waals surface area contributed by atoms with E-state index < -0.39 is 0 Å². The Hall–Kier alpha value is -1.68. The lowest BCUT2D eigenvalue weighted by molar-refractivity contribution is 0.0525. The molecule has 3 rings (SSSR count). The number of fused-ring (bicyclic) bond motifs is 1. The summed E-state index contributed by atoms with van der Waals surface area (Å²) in [5.41, 5.74) is 1.00. The quantitative estimate of drug-likeness (QED) is 0.840. The predicted octanol–water partition coefficient (Wildman–Crippen LogP) is 4.39. The number of hydrogen-bond donors (Lipinski definition) is 0. The zero-order chi connectivity index (χ0) is 16.6. The zero-order valence-corrected chi connectivity index (χ0v) is 14.0. The summed E-state index contributed by atoms with van der Waals surface area (Å²) in [7, 11) is 1.73. The molecule has 1 aromatic carbocycles. The molecule has 1 heterocycles. The molecule has 1 saturated carbocycles.